The summed E-state index contributed by atoms with van der Waals surface area (Å²) in [5.74, 6) is 0. The molecule has 0 unspecified atom stereocenters. The molecule has 0 heterocycles. The number of nitrogen functional groups attached to an aromatic ring is 1. The molecule has 0 saturated heterocycles. The Bertz CT molecular complexity index is 334. The molecule has 0 amide bonds. The fraction of sp³-hybridized carbons (Fsp3) is 0.500. The number of rotatable bonds is 8. The molecule has 4 nitrogen and oxygen atoms in total. The fourth-order valence-corrected chi connectivity index (χ4v) is 1.85. The number of methoxy groups -OCH3 is 1. The molecule has 1 aromatic carbocycles. The molecule has 96 valence electrons. The van der Waals surface area contributed by atoms with Gasteiger partial charge < -0.3 is 20.5 Å². The van der Waals surface area contributed by atoms with Crippen molar-refractivity contribution in [2.45, 2.75) is 6.42 Å². The molecule has 0 fully saturated rings. The molecule has 1 rings (SSSR count). The number of anilines is 2. The van der Waals surface area contributed by atoms with Crippen LogP contribution in [0.2, 0.25) is 0 Å². The van der Waals surface area contributed by atoms with Crippen LogP contribution in [0.4, 0.5) is 11.4 Å². The lowest BCUT2D eigenvalue weighted by atomic mass is 10.2. The lowest BCUT2D eigenvalue weighted by Gasteiger charge is -2.09. The average molecular weight is 350 g/mol. The van der Waals surface area contributed by atoms with E-state index in [9.17, 15) is 0 Å². The first-order valence-electron chi connectivity index (χ1n) is 5.59. The van der Waals surface area contributed by atoms with Crippen LogP contribution in [0.3, 0.4) is 0 Å². The van der Waals surface area contributed by atoms with Crippen LogP contribution in [0.5, 0.6) is 0 Å². The Morgan fingerprint density at radius 3 is 2.82 bits per heavy atom. The zero-order chi connectivity index (χ0) is 12.5. The molecule has 1 aromatic rings. The molecular formula is C12H19IN2O2. The Hall–Kier alpha value is -0.530. The van der Waals surface area contributed by atoms with Gasteiger partial charge >= 0.3 is 0 Å². The summed E-state index contributed by atoms with van der Waals surface area (Å²) >= 11 is 2.25. The van der Waals surface area contributed by atoms with Crippen LogP contribution < -0.4 is 11.1 Å². The van der Waals surface area contributed by atoms with Gasteiger partial charge in [0, 0.05) is 23.8 Å². The number of ether oxygens (including phenoxy) is 2. The van der Waals surface area contributed by atoms with Crippen molar-refractivity contribution in [2.24, 2.45) is 0 Å². The highest BCUT2D eigenvalue weighted by Crippen LogP contribution is 2.20. The van der Waals surface area contributed by atoms with E-state index in [1.54, 1.807) is 7.11 Å². The molecule has 0 aromatic heterocycles. The highest BCUT2D eigenvalue weighted by molar-refractivity contribution is 14.1. The number of halogens is 1. The van der Waals surface area contributed by atoms with Crippen molar-refractivity contribution < 1.29 is 9.47 Å². The summed E-state index contributed by atoms with van der Waals surface area (Å²) in [6, 6.07) is 6.00. The second-order valence-electron chi connectivity index (χ2n) is 3.62. The molecule has 17 heavy (non-hydrogen) atoms. The molecule has 0 atom stereocenters. The van der Waals surface area contributed by atoms with Gasteiger partial charge in [0.1, 0.15) is 0 Å². The Balaban J connectivity index is 2.14. The smallest absolute Gasteiger partial charge is 0.0700 e. The second-order valence-corrected chi connectivity index (χ2v) is 4.86. The van der Waals surface area contributed by atoms with Crippen LogP contribution in [-0.4, -0.2) is 33.5 Å². The van der Waals surface area contributed by atoms with Gasteiger partial charge in [0.2, 0.25) is 0 Å². The van der Waals surface area contributed by atoms with Gasteiger partial charge in [-0.3, -0.25) is 0 Å². The first-order chi connectivity index (χ1) is 8.24. The molecule has 0 aliphatic heterocycles. The van der Waals surface area contributed by atoms with E-state index in [2.05, 4.69) is 27.9 Å². The minimum Gasteiger partial charge on any atom is -0.397 e. The third-order valence-corrected chi connectivity index (χ3v) is 2.90. The Labute approximate surface area is 116 Å². The van der Waals surface area contributed by atoms with Crippen molar-refractivity contribution >= 4 is 34.0 Å². The molecule has 0 aliphatic rings. The number of hydrogen-bond acceptors (Lipinski definition) is 4. The molecular weight excluding hydrogens is 331 g/mol. The van der Waals surface area contributed by atoms with Crippen molar-refractivity contribution in [3.63, 3.8) is 0 Å². The monoisotopic (exact) mass is 350 g/mol. The number of nitrogens with one attached hydrogen (secondary N) is 1. The van der Waals surface area contributed by atoms with Crippen molar-refractivity contribution in [3.05, 3.63) is 21.8 Å². The summed E-state index contributed by atoms with van der Waals surface area (Å²) in [6.45, 7) is 2.90. The van der Waals surface area contributed by atoms with E-state index in [4.69, 9.17) is 15.2 Å². The number of hydrogen-bond donors (Lipinski definition) is 2. The van der Waals surface area contributed by atoms with Gasteiger partial charge in [-0.05, 0) is 47.2 Å². The third kappa shape index (κ3) is 6.09. The van der Waals surface area contributed by atoms with Crippen molar-refractivity contribution in [1.29, 1.82) is 0 Å². The Morgan fingerprint density at radius 2 is 2.12 bits per heavy atom. The molecule has 0 radical (unpaired) electrons. The maximum atomic E-state index is 5.89. The summed E-state index contributed by atoms with van der Waals surface area (Å²) in [5.41, 5.74) is 7.66. The van der Waals surface area contributed by atoms with E-state index >= 15 is 0 Å². The van der Waals surface area contributed by atoms with Gasteiger partial charge in [0.15, 0.2) is 0 Å². The Kier molecular flexibility index (Phi) is 7.30. The number of nitrogens with two attached hydrogens (primary N) is 1. The van der Waals surface area contributed by atoms with Crippen LogP contribution in [0.25, 0.3) is 0 Å². The van der Waals surface area contributed by atoms with E-state index in [1.807, 2.05) is 18.2 Å². The van der Waals surface area contributed by atoms with Crippen LogP contribution in [0.1, 0.15) is 6.42 Å². The van der Waals surface area contributed by atoms with E-state index < -0.39 is 0 Å². The molecule has 0 bridgehead atoms. The lowest BCUT2D eigenvalue weighted by molar-refractivity contribution is 0.0705. The topological polar surface area (TPSA) is 56.5 Å². The van der Waals surface area contributed by atoms with Crippen LogP contribution in [0, 0.1) is 3.57 Å². The summed E-state index contributed by atoms with van der Waals surface area (Å²) in [4.78, 5) is 0. The maximum absolute atomic E-state index is 5.89. The van der Waals surface area contributed by atoms with Crippen molar-refractivity contribution in [1.82, 2.24) is 0 Å². The molecule has 0 aliphatic carbocycles. The van der Waals surface area contributed by atoms with Crippen LogP contribution in [-0.2, 0) is 9.47 Å². The molecule has 0 saturated carbocycles. The van der Waals surface area contributed by atoms with Gasteiger partial charge in [-0.15, -0.1) is 0 Å². The predicted octanol–water partition coefficient (Wildman–Crippen LogP) is 2.34. The molecule has 5 heteroatoms. The minimum absolute atomic E-state index is 0.650. The zero-order valence-electron chi connectivity index (χ0n) is 10.0. The maximum Gasteiger partial charge on any atom is 0.0700 e. The summed E-state index contributed by atoms with van der Waals surface area (Å²) in [6.07, 6.45) is 0.954. The third-order valence-electron chi connectivity index (χ3n) is 2.23. The standard InChI is InChI=1S/C12H19IN2O2/c1-16-7-8-17-6-2-5-15-12-4-3-10(13)9-11(12)14/h3-4,9,15H,2,5-8,14H2,1H3. The van der Waals surface area contributed by atoms with Gasteiger partial charge in [-0.25, -0.2) is 0 Å². The van der Waals surface area contributed by atoms with Crippen molar-refractivity contribution in [2.75, 3.05) is 44.5 Å². The fourth-order valence-electron chi connectivity index (χ4n) is 1.34. The zero-order valence-corrected chi connectivity index (χ0v) is 12.2. The van der Waals surface area contributed by atoms with E-state index in [0.29, 0.717) is 13.2 Å². The van der Waals surface area contributed by atoms with Crippen molar-refractivity contribution in [3.8, 4) is 0 Å². The summed E-state index contributed by atoms with van der Waals surface area (Å²) in [5, 5.41) is 3.29. The first kappa shape index (κ1) is 14.5. The molecule has 0 spiro atoms. The number of benzene rings is 1. The van der Waals surface area contributed by atoms with Gasteiger partial charge in [-0.2, -0.15) is 0 Å². The highest BCUT2D eigenvalue weighted by atomic mass is 127. The Morgan fingerprint density at radius 1 is 1.29 bits per heavy atom. The average Bonchev–Trinajstić information content (AvgIpc) is 2.30. The largest absolute Gasteiger partial charge is 0.397 e. The van der Waals surface area contributed by atoms with E-state index in [-0.39, 0.29) is 0 Å². The minimum atomic E-state index is 0.650. The highest BCUT2D eigenvalue weighted by Gasteiger charge is 1.98. The van der Waals surface area contributed by atoms with E-state index in [0.717, 1.165) is 34.5 Å². The lowest BCUT2D eigenvalue weighted by Crippen LogP contribution is -2.09. The predicted molar refractivity (Wildman–Crippen MR) is 79.4 cm³/mol. The van der Waals surface area contributed by atoms with Gasteiger partial charge in [0.25, 0.3) is 0 Å². The summed E-state index contributed by atoms with van der Waals surface area (Å²) in [7, 11) is 1.67. The van der Waals surface area contributed by atoms with Gasteiger partial charge in [-0.1, -0.05) is 0 Å². The SMILES string of the molecule is COCCOCCCNc1ccc(I)cc1N. The van der Waals surface area contributed by atoms with Gasteiger partial charge in [0.05, 0.1) is 24.6 Å². The molecule has 3 N–H and O–H groups in total. The van der Waals surface area contributed by atoms with E-state index in [1.165, 1.54) is 0 Å². The second kappa shape index (κ2) is 8.54. The van der Waals surface area contributed by atoms with Crippen LogP contribution >= 0.6 is 22.6 Å². The summed E-state index contributed by atoms with van der Waals surface area (Å²) < 4.78 is 11.4. The van der Waals surface area contributed by atoms with Crippen LogP contribution in [0.15, 0.2) is 18.2 Å². The first-order valence-corrected chi connectivity index (χ1v) is 6.67. The quantitative estimate of drug-likeness (QED) is 0.429. The normalized spacial score (nSPS) is 10.5.